The van der Waals surface area contributed by atoms with Crippen LogP contribution >= 0.6 is 11.8 Å². The van der Waals surface area contributed by atoms with E-state index in [2.05, 4.69) is 55.6 Å². The van der Waals surface area contributed by atoms with E-state index < -0.39 is 0 Å². The summed E-state index contributed by atoms with van der Waals surface area (Å²) in [5.74, 6) is 1.18. The standard InChI is InChI=1S/C15H26N2S/c1-6-14(11-18-5)17(4)15-8-7-12(2)9-13(15)10-16-3/h7-9,14,16H,6,10-11H2,1-5H3. The van der Waals surface area contributed by atoms with Crippen LogP contribution in [0.1, 0.15) is 24.5 Å². The Hall–Kier alpha value is -0.670. The fourth-order valence-electron chi connectivity index (χ4n) is 2.28. The minimum atomic E-state index is 0.610. The van der Waals surface area contributed by atoms with Crippen molar-refractivity contribution in [3.63, 3.8) is 0 Å². The lowest BCUT2D eigenvalue weighted by molar-refractivity contribution is 0.667. The second kappa shape index (κ2) is 7.70. The molecule has 0 amide bonds. The highest BCUT2D eigenvalue weighted by Gasteiger charge is 2.15. The normalized spacial score (nSPS) is 12.5. The number of nitrogens with one attached hydrogen (secondary N) is 1. The molecule has 2 nitrogen and oxygen atoms in total. The first-order valence-corrected chi connectivity index (χ1v) is 7.99. The second-order valence-electron chi connectivity index (χ2n) is 4.79. The molecule has 102 valence electrons. The van der Waals surface area contributed by atoms with Gasteiger partial charge in [0, 0.05) is 31.1 Å². The molecule has 0 aliphatic heterocycles. The first-order valence-electron chi connectivity index (χ1n) is 6.59. The van der Waals surface area contributed by atoms with Crippen LogP contribution in [0.2, 0.25) is 0 Å². The van der Waals surface area contributed by atoms with Gasteiger partial charge in [0.1, 0.15) is 0 Å². The van der Waals surface area contributed by atoms with Crippen molar-refractivity contribution in [2.24, 2.45) is 0 Å². The molecule has 18 heavy (non-hydrogen) atoms. The molecule has 1 atom stereocenters. The molecule has 1 aromatic rings. The monoisotopic (exact) mass is 266 g/mol. The molecule has 1 N–H and O–H groups in total. The van der Waals surface area contributed by atoms with Crippen molar-refractivity contribution >= 4 is 17.4 Å². The number of nitrogens with zero attached hydrogens (tertiary/aromatic N) is 1. The minimum Gasteiger partial charge on any atom is -0.371 e. The van der Waals surface area contributed by atoms with Crippen LogP contribution in [0.3, 0.4) is 0 Å². The number of thioether (sulfide) groups is 1. The van der Waals surface area contributed by atoms with E-state index in [9.17, 15) is 0 Å². The molecule has 0 aliphatic carbocycles. The van der Waals surface area contributed by atoms with Gasteiger partial charge in [0.15, 0.2) is 0 Å². The summed E-state index contributed by atoms with van der Waals surface area (Å²) >= 11 is 1.92. The van der Waals surface area contributed by atoms with Crippen LogP contribution in [0.5, 0.6) is 0 Å². The fraction of sp³-hybridized carbons (Fsp3) is 0.600. The van der Waals surface area contributed by atoms with Crippen molar-refractivity contribution in [3.8, 4) is 0 Å². The Morgan fingerprint density at radius 3 is 2.67 bits per heavy atom. The van der Waals surface area contributed by atoms with Crippen molar-refractivity contribution in [2.75, 3.05) is 31.0 Å². The predicted octanol–water partition coefficient (Wildman–Crippen LogP) is 3.29. The average molecular weight is 266 g/mol. The van der Waals surface area contributed by atoms with Gasteiger partial charge in [-0.25, -0.2) is 0 Å². The maximum absolute atomic E-state index is 3.26. The molecule has 3 heteroatoms. The Labute approximate surface area is 116 Å². The van der Waals surface area contributed by atoms with E-state index in [0.29, 0.717) is 6.04 Å². The number of aryl methyl sites for hydroxylation is 1. The highest BCUT2D eigenvalue weighted by Crippen LogP contribution is 2.24. The van der Waals surface area contributed by atoms with Crippen molar-refractivity contribution in [3.05, 3.63) is 29.3 Å². The molecule has 0 aliphatic rings. The van der Waals surface area contributed by atoms with Gasteiger partial charge in [-0.05, 0) is 38.3 Å². The minimum absolute atomic E-state index is 0.610. The Kier molecular flexibility index (Phi) is 6.58. The summed E-state index contributed by atoms with van der Waals surface area (Å²) < 4.78 is 0. The number of rotatable bonds is 7. The van der Waals surface area contributed by atoms with E-state index >= 15 is 0 Å². The largest absolute Gasteiger partial charge is 0.371 e. The van der Waals surface area contributed by atoms with Gasteiger partial charge in [0.25, 0.3) is 0 Å². The summed E-state index contributed by atoms with van der Waals surface area (Å²) in [6, 6.07) is 7.36. The lowest BCUT2D eigenvalue weighted by Gasteiger charge is -2.31. The summed E-state index contributed by atoms with van der Waals surface area (Å²) in [6.07, 6.45) is 3.37. The Morgan fingerprint density at radius 2 is 2.11 bits per heavy atom. The van der Waals surface area contributed by atoms with Crippen molar-refractivity contribution < 1.29 is 0 Å². The Morgan fingerprint density at radius 1 is 1.39 bits per heavy atom. The molecule has 0 spiro atoms. The molecule has 1 unspecified atom stereocenters. The van der Waals surface area contributed by atoms with E-state index in [0.717, 1.165) is 6.54 Å². The molecule has 0 aromatic heterocycles. The lowest BCUT2D eigenvalue weighted by Crippen LogP contribution is -2.34. The lowest BCUT2D eigenvalue weighted by atomic mass is 10.1. The average Bonchev–Trinajstić information content (AvgIpc) is 2.36. The van der Waals surface area contributed by atoms with Crippen LogP contribution in [-0.2, 0) is 6.54 Å². The number of hydrogen-bond acceptors (Lipinski definition) is 3. The summed E-state index contributed by atoms with van der Waals surface area (Å²) in [7, 11) is 4.22. The van der Waals surface area contributed by atoms with Crippen molar-refractivity contribution in [1.29, 1.82) is 0 Å². The summed E-state index contributed by atoms with van der Waals surface area (Å²) in [4.78, 5) is 2.43. The zero-order chi connectivity index (χ0) is 13.5. The smallest absolute Gasteiger partial charge is 0.0412 e. The van der Waals surface area contributed by atoms with Crippen LogP contribution in [0.4, 0.5) is 5.69 Å². The summed E-state index contributed by atoms with van der Waals surface area (Å²) in [6.45, 7) is 5.35. The van der Waals surface area contributed by atoms with E-state index in [1.165, 1.54) is 29.0 Å². The molecule has 1 rings (SSSR count). The third-order valence-corrected chi connectivity index (χ3v) is 4.08. The van der Waals surface area contributed by atoms with Crippen molar-refractivity contribution in [1.82, 2.24) is 5.32 Å². The quantitative estimate of drug-likeness (QED) is 0.815. The highest BCUT2D eigenvalue weighted by atomic mass is 32.2. The third-order valence-electron chi connectivity index (χ3n) is 3.36. The summed E-state index contributed by atoms with van der Waals surface area (Å²) in [5, 5.41) is 3.26. The van der Waals surface area contributed by atoms with Crippen LogP contribution in [-0.4, -0.2) is 32.1 Å². The SMILES string of the molecule is CCC(CSC)N(C)c1ccc(C)cc1CNC. The topological polar surface area (TPSA) is 15.3 Å². The zero-order valence-electron chi connectivity index (χ0n) is 12.3. The van der Waals surface area contributed by atoms with Crippen LogP contribution < -0.4 is 10.2 Å². The fourth-order valence-corrected chi connectivity index (χ4v) is 3.13. The van der Waals surface area contributed by atoms with Gasteiger partial charge in [0.05, 0.1) is 0 Å². The number of benzene rings is 1. The van der Waals surface area contributed by atoms with Gasteiger partial charge in [-0.15, -0.1) is 0 Å². The molecular formula is C15H26N2S. The van der Waals surface area contributed by atoms with E-state index in [1.54, 1.807) is 0 Å². The maximum atomic E-state index is 3.26. The van der Waals surface area contributed by atoms with Crippen LogP contribution in [0.25, 0.3) is 0 Å². The molecule has 0 radical (unpaired) electrons. The Bertz CT molecular complexity index is 366. The van der Waals surface area contributed by atoms with E-state index in [-0.39, 0.29) is 0 Å². The van der Waals surface area contributed by atoms with Crippen molar-refractivity contribution in [2.45, 2.75) is 32.9 Å². The van der Waals surface area contributed by atoms with Gasteiger partial charge < -0.3 is 10.2 Å². The number of anilines is 1. The first kappa shape index (κ1) is 15.4. The van der Waals surface area contributed by atoms with E-state index in [1.807, 2.05) is 18.8 Å². The molecular weight excluding hydrogens is 240 g/mol. The van der Waals surface area contributed by atoms with Crippen LogP contribution in [0.15, 0.2) is 18.2 Å². The number of hydrogen-bond donors (Lipinski definition) is 1. The Balaban J connectivity index is 2.98. The highest BCUT2D eigenvalue weighted by molar-refractivity contribution is 7.98. The predicted molar refractivity (Wildman–Crippen MR) is 84.8 cm³/mol. The van der Waals surface area contributed by atoms with E-state index in [4.69, 9.17) is 0 Å². The molecule has 0 bridgehead atoms. The second-order valence-corrected chi connectivity index (χ2v) is 5.70. The molecule has 0 saturated carbocycles. The third kappa shape index (κ3) is 3.92. The molecule has 0 heterocycles. The zero-order valence-corrected chi connectivity index (χ0v) is 13.1. The van der Waals surface area contributed by atoms with Gasteiger partial charge >= 0.3 is 0 Å². The molecule has 0 saturated heterocycles. The molecule has 1 aromatic carbocycles. The maximum Gasteiger partial charge on any atom is 0.0412 e. The summed E-state index contributed by atoms with van der Waals surface area (Å²) in [5.41, 5.74) is 4.07. The van der Waals surface area contributed by atoms with Crippen LogP contribution in [0, 0.1) is 6.92 Å². The van der Waals surface area contributed by atoms with Gasteiger partial charge in [-0.2, -0.15) is 11.8 Å². The van der Waals surface area contributed by atoms with Gasteiger partial charge in [0.2, 0.25) is 0 Å². The van der Waals surface area contributed by atoms with Gasteiger partial charge in [-0.3, -0.25) is 0 Å². The molecule has 0 fully saturated rings. The van der Waals surface area contributed by atoms with Gasteiger partial charge in [-0.1, -0.05) is 24.6 Å². The first-order chi connectivity index (χ1) is 8.63.